The molecular weight excluding hydrogens is 355 g/mol. The standard InChI is InChI=1S/C24H29FO3/c1-15-11-18(8-9-22(26)27)16(2)10-17(15)6-5-7-19-12-21(25)13-20-14-24(3,4)28-23(19)20/h10-13H,5-9,14H2,1-4H3,(H,26,27). The molecule has 0 radical (unpaired) electrons. The first-order valence-corrected chi connectivity index (χ1v) is 9.96. The lowest BCUT2D eigenvalue weighted by Crippen LogP contribution is -2.24. The molecule has 2 aromatic carbocycles. The predicted octanol–water partition coefficient (Wildman–Crippen LogP) is 5.35. The maximum absolute atomic E-state index is 14.0. The fourth-order valence-corrected chi connectivity index (χ4v) is 4.12. The normalized spacial score (nSPS) is 14.6. The Morgan fingerprint density at radius 3 is 2.29 bits per heavy atom. The number of carboxylic acid groups (broad SMARTS) is 1. The number of fused-ring (bicyclic) bond motifs is 1. The van der Waals surface area contributed by atoms with Gasteiger partial charge in [-0.25, -0.2) is 4.39 Å². The van der Waals surface area contributed by atoms with Crippen molar-refractivity contribution in [3.05, 3.63) is 63.5 Å². The molecule has 0 aliphatic carbocycles. The van der Waals surface area contributed by atoms with Gasteiger partial charge in [-0.3, -0.25) is 4.79 Å². The van der Waals surface area contributed by atoms with E-state index < -0.39 is 5.97 Å². The Kier molecular flexibility index (Phi) is 5.78. The summed E-state index contributed by atoms with van der Waals surface area (Å²) < 4.78 is 20.1. The first-order chi connectivity index (χ1) is 13.1. The number of carbonyl (C=O) groups is 1. The predicted molar refractivity (Wildman–Crippen MR) is 109 cm³/mol. The lowest BCUT2D eigenvalue weighted by atomic mass is 9.93. The highest BCUT2D eigenvalue weighted by Crippen LogP contribution is 2.39. The van der Waals surface area contributed by atoms with E-state index in [2.05, 4.69) is 19.1 Å². The largest absolute Gasteiger partial charge is 0.487 e. The second-order valence-electron chi connectivity index (χ2n) is 8.54. The molecule has 0 fully saturated rings. The fourth-order valence-electron chi connectivity index (χ4n) is 4.12. The smallest absolute Gasteiger partial charge is 0.303 e. The summed E-state index contributed by atoms with van der Waals surface area (Å²) in [5.74, 6) is -0.0951. The Bertz CT molecular complexity index is 899. The molecule has 3 nitrogen and oxygen atoms in total. The molecule has 3 rings (SSSR count). The zero-order valence-electron chi connectivity index (χ0n) is 17.2. The van der Waals surface area contributed by atoms with Gasteiger partial charge < -0.3 is 9.84 Å². The maximum Gasteiger partial charge on any atom is 0.303 e. The Labute approximate surface area is 166 Å². The molecule has 0 unspecified atom stereocenters. The SMILES string of the molecule is Cc1cc(CCC(=O)O)c(C)cc1CCCc1cc(F)cc2c1OC(C)(C)C2. The molecule has 28 heavy (non-hydrogen) atoms. The van der Waals surface area contributed by atoms with E-state index in [0.717, 1.165) is 53.7 Å². The van der Waals surface area contributed by atoms with Gasteiger partial charge in [0.25, 0.3) is 0 Å². The molecule has 0 aromatic heterocycles. The molecule has 1 aliphatic rings. The molecule has 0 amide bonds. The average molecular weight is 384 g/mol. The van der Waals surface area contributed by atoms with Gasteiger partial charge in [-0.05, 0) is 93.3 Å². The second-order valence-corrected chi connectivity index (χ2v) is 8.54. The third-order valence-electron chi connectivity index (χ3n) is 5.50. The minimum atomic E-state index is -0.769. The molecule has 0 bridgehead atoms. The first-order valence-electron chi connectivity index (χ1n) is 9.96. The summed E-state index contributed by atoms with van der Waals surface area (Å²) in [6, 6.07) is 7.48. The van der Waals surface area contributed by atoms with Crippen LogP contribution in [0, 0.1) is 19.7 Å². The monoisotopic (exact) mass is 384 g/mol. The number of carboxylic acids is 1. The summed E-state index contributed by atoms with van der Waals surface area (Å²) in [4.78, 5) is 10.8. The van der Waals surface area contributed by atoms with Crippen molar-refractivity contribution in [2.24, 2.45) is 0 Å². The van der Waals surface area contributed by atoms with Gasteiger partial charge in [-0.15, -0.1) is 0 Å². The van der Waals surface area contributed by atoms with Crippen LogP contribution in [0.1, 0.15) is 60.1 Å². The molecule has 1 heterocycles. The molecule has 1 aliphatic heterocycles. The Morgan fingerprint density at radius 1 is 1.04 bits per heavy atom. The van der Waals surface area contributed by atoms with Crippen molar-refractivity contribution in [3.63, 3.8) is 0 Å². The quantitative estimate of drug-likeness (QED) is 0.700. The van der Waals surface area contributed by atoms with Crippen molar-refractivity contribution >= 4 is 5.97 Å². The van der Waals surface area contributed by atoms with Gasteiger partial charge in [-0.2, -0.15) is 0 Å². The highest BCUT2D eigenvalue weighted by atomic mass is 19.1. The van der Waals surface area contributed by atoms with Gasteiger partial charge in [0.1, 0.15) is 17.2 Å². The third kappa shape index (κ3) is 4.73. The fraction of sp³-hybridized carbons (Fsp3) is 0.458. The number of halogens is 1. The van der Waals surface area contributed by atoms with E-state index in [4.69, 9.17) is 9.84 Å². The van der Waals surface area contributed by atoms with Gasteiger partial charge in [-0.1, -0.05) is 12.1 Å². The lowest BCUT2D eigenvalue weighted by Gasteiger charge is -2.18. The molecule has 0 saturated carbocycles. The van der Waals surface area contributed by atoms with Crippen molar-refractivity contribution in [1.29, 1.82) is 0 Å². The Hall–Kier alpha value is -2.36. The Morgan fingerprint density at radius 2 is 1.64 bits per heavy atom. The van der Waals surface area contributed by atoms with Crippen LogP contribution in [0.15, 0.2) is 24.3 Å². The van der Waals surface area contributed by atoms with E-state index in [1.807, 2.05) is 20.8 Å². The minimum absolute atomic E-state index is 0.153. The van der Waals surface area contributed by atoms with Crippen LogP contribution in [0.4, 0.5) is 4.39 Å². The van der Waals surface area contributed by atoms with Crippen molar-refractivity contribution in [1.82, 2.24) is 0 Å². The average Bonchev–Trinajstić information content (AvgIpc) is 2.90. The first kappa shape index (κ1) is 20.4. The van der Waals surface area contributed by atoms with Gasteiger partial charge in [0.05, 0.1) is 0 Å². The molecule has 1 N–H and O–H groups in total. The van der Waals surface area contributed by atoms with Gasteiger partial charge in [0, 0.05) is 18.4 Å². The summed E-state index contributed by atoms with van der Waals surface area (Å²) in [6.45, 7) is 8.18. The number of benzene rings is 2. The van der Waals surface area contributed by atoms with Crippen LogP contribution in [0.2, 0.25) is 0 Å². The highest BCUT2D eigenvalue weighted by molar-refractivity contribution is 5.67. The van der Waals surface area contributed by atoms with Crippen LogP contribution in [0.5, 0.6) is 5.75 Å². The molecule has 2 aromatic rings. The van der Waals surface area contributed by atoms with Crippen LogP contribution in [0.25, 0.3) is 0 Å². The highest BCUT2D eigenvalue weighted by Gasteiger charge is 2.32. The number of rotatable bonds is 7. The molecule has 150 valence electrons. The summed E-state index contributed by atoms with van der Waals surface area (Å²) in [5, 5.41) is 8.90. The van der Waals surface area contributed by atoms with E-state index in [0.29, 0.717) is 6.42 Å². The van der Waals surface area contributed by atoms with Crippen molar-refractivity contribution in [2.75, 3.05) is 0 Å². The molecule has 0 saturated heterocycles. The summed E-state index contributed by atoms with van der Waals surface area (Å²) in [6.07, 6.45) is 4.04. The van der Waals surface area contributed by atoms with E-state index in [1.54, 1.807) is 12.1 Å². The van der Waals surface area contributed by atoms with Gasteiger partial charge in [0.15, 0.2) is 0 Å². The topological polar surface area (TPSA) is 46.5 Å². The van der Waals surface area contributed by atoms with Crippen molar-refractivity contribution in [2.45, 2.75) is 71.8 Å². The number of hydrogen-bond acceptors (Lipinski definition) is 2. The van der Waals surface area contributed by atoms with E-state index in [-0.39, 0.29) is 17.8 Å². The van der Waals surface area contributed by atoms with Crippen LogP contribution in [0.3, 0.4) is 0 Å². The van der Waals surface area contributed by atoms with Crippen LogP contribution >= 0.6 is 0 Å². The molecule has 4 heteroatoms. The maximum atomic E-state index is 14.0. The minimum Gasteiger partial charge on any atom is -0.487 e. The number of aryl methyl sites for hydroxylation is 5. The van der Waals surface area contributed by atoms with Crippen LogP contribution in [-0.2, 0) is 30.5 Å². The van der Waals surface area contributed by atoms with Crippen LogP contribution in [-0.4, -0.2) is 16.7 Å². The molecule has 0 atom stereocenters. The summed E-state index contributed by atoms with van der Waals surface area (Å²) in [5.41, 5.74) is 6.34. The zero-order chi connectivity index (χ0) is 20.5. The van der Waals surface area contributed by atoms with Gasteiger partial charge in [0.2, 0.25) is 0 Å². The summed E-state index contributed by atoms with van der Waals surface area (Å²) >= 11 is 0. The van der Waals surface area contributed by atoms with E-state index >= 15 is 0 Å². The van der Waals surface area contributed by atoms with Gasteiger partial charge >= 0.3 is 5.97 Å². The summed E-state index contributed by atoms with van der Waals surface area (Å²) in [7, 11) is 0. The van der Waals surface area contributed by atoms with Crippen molar-refractivity contribution in [3.8, 4) is 5.75 Å². The Balaban J connectivity index is 1.68. The van der Waals surface area contributed by atoms with Crippen LogP contribution < -0.4 is 4.74 Å². The number of aliphatic carboxylic acids is 1. The number of hydrogen-bond donors (Lipinski definition) is 1. The third-order valence-corrected chi connectivity index (χ3v) is 5.50. The molecule has 0 spiro atoms. The second kappa shape index (κ2) is 7.94. The zero-order valence-corrected chi connectivity index (χ0v) is 17.2. The lowest BCUT2D eigenvalue weighted by molar-refractivity contribution is -0.136. The van der Waals surface area contributed by atoms with Crippen molar-refractivity contribution < 1.29 is 19.0 Å². The van der Waals surface area contributed by atoms with E-state index in [1.165, 1.54) is 11.1 Å². The number of ether oxygens (including phenoxy) is 1. The molecular formula is C24H29FO3. The van der Waals surface area contributed by atoms with E-state index in [9.17, 15) is 9.18 Å².